The van der Waals surface area contributed by atoms with Gasteiger partial charge >= 0.3 is 0 Å². The van der Waals surface area contributed by atoms with E-state index in [4.69, 9.17) is 9.72 Å². The van der Waals surface area contributed by atoms with Crippen LogP contribution in [-0.2, 0) is 17.7 Å². The molecule has 0 bridgehead atoms. The number of carbonyl (C=O) groups excluding carboxylic acids is 1. The predicted octanol–water partition coefficient (Wildman–Crippen LogP) is 3.04. The van der Waals surface area contributed by atoms with E-state index in [1.165, 1.54) is 5.56 Å². The Balaban J connectivity index is 1.85. The largest absolute Gasteiger partial charge is 0.383 e. The Morgan fingerprint density at radius 2 is 1.86 bits per heavy atom. The lowest BCUT2D eigenvalue weighted by atomic mass is 10.1. The number of hydrogen-bond acceptors (Lipinski definition) is 4. The van der Waals surface area contributed by atoms with Crippen molar-refractivity contribution in [3.8, 4) is 0 Å². The van der Waals surface area contributed by atoms with Gasteiger partial charge in [0.05, 0.1) is 12.3 Å². The molecule has 0 spiro atoms. The van der Waals surface area contributed by atoms with Crippen LogP contribution in [0.4, 0.5) is 0 Å². The number of rotatable bonds is 9. The molecule has 1 aromatic carbocycles. The van der Waals surface area contributed by atoms with Crippen molar-refractivity contribution in [1.82, 2.24) is 19.2 Å². The molecule has 0 saturated carbocycles. The topological polar surface area (TPSA) is 50.1 Å². The van der Waals surface area contributed by atoms with Gasteiger partial charge in [0.15, 0.2) is 5.69 Å². The molecule has 0 radical (unpaired) electrons. The highest BCUT2D eigenvalue weighted by Crippen LogP contribution is 2.19. The Kier molecular flexibility index (Phi) is 7.01. The summed E-state index contributed by atoms with van der Waals surface area (Å²) in [6, 6.07) is 14.2. The zero-order valence-electron chi connectivity index (χ0n) is 17.8. The van der Waals surface area contributed by atoms with Crippen molar-refractivity contribution in [3.05, 3.63) is 71.2 Å². The Morgan fingerprint density at radius 1 is 1.10 bits per heavy atom. The van der Waals surface area contributed by atoms with Crippen molar-refractivity contribution < 1.29 is 9.53 Å². The Hall–Kier alpha value is -2.70. The van der Waals surface area contributed by atoms with E-state index < -0.39 is 0 Å². The summed E-state index contributed by atoms with van der Waals surface area (Å²) in [5.41, 5.74) is 4.55. The molecule has 0 saturated heterocycles. The molecule has 0 aliphatic heterocycles. The van der Waals surface area contributed by atoms with Crippen LogP contribution in [0.5, 0.6) is 0 Å². The molecule has 2 aromatic heterocycles. The number of aryl methyl sites for hydroxylation is 1. The van der Waals surface area contributed by atoms with E-state index in [2.05, 4.69) is 17.0 Å². The van der Waals surface area contributed by atoms with Crippen molar-refractivity contribution in [2.75, 3.05) is 40.9 Å². The van der Waals surface area contributed by atoms with E-state index in [1.807, 2.05) is 61.9 Å². The van der Waals surface area contributed by atoms with Crippen LogP contribution in [0.15, 0.2) is 48.7 Å². The van der Waals surface area contributed by atoms with Crippen molar-refractivity contribution >= 4 is 11.6 Å². The van der Waals surface area contributed by atoms with Crippen LogP contribution in [0.3, 0.4) is 0 Å². The van der Waals surface area contributed by atoms with Crippen LogP contribution < -0.4 is 0 Å². The number of nitrogens with zero attached hydrogens (tertiary/aromatic N) is 4. The third-order valence-corrected chi connectivity index (χ3v) is 5.17. The summed E-state index contributed by atoms with van der Waals surface area (Å²) in [7, 11) is 5.57. The van der Waals surface area contributed by atoms with Crippen LogP contribution in [0.25, 0.3) is 5.65 Å². The number of imidazole rings is 1. The number of amides is 1. The predicted molar refractivity (Wildman–Crippen MR) is 115 cm³/mol. The third-order valence-electron chi connectivity index (χ3n) is 5.17. The standard InChI is InChI=1S/C23H30N4O2/c1-18-9-8-13-27-20(17-25(2)15-16-29-4)21(24-22(18)27)23(28)26(3)14-12-19-10-6-5-7-11-19/h5-11,13H,12,14-17H2,1-4H3. The number of fused-ring (bicyclic) bond motifs is 1. The highest BCUT2D eigenvalue weighted by atomic mass is 16.5. The van der Waals surface area contributed by atoms with Crippen LogP contribution in [0.1, 0.15) is 27.3 Å². The van der Waals surface area contributed by atoms with Crippen molar-refractivity contribution in [2.45, 2.75) is 19.9 Å². The van der Waals surface area contributed by atoms with Crippen LogP contribution >= 0.6 is 0 Å². The second kappa shape index (κ2) is 9.67. The lowest BCUT2D eigenvalue weighted by Gasteiger charge is -2.19. The molecule has 1 amide bonds. The van der Waals surface area contributed by atoms with Gasteiger partial charge in [0, 0.05) is 40.0 Å². The van der Waals surface area contributed by atoms with Gasteiger partial charge < -0.3 is 14.0 Å². The van der Waals surface area contributed by atoms with E-state index in [-0.39, 0.29) is 5.91 Å². The van der Waals surface area contributed by atoms with Crippen molar-refractivity contribution in [3.63, 3.8) is 0 Å². The molecule has 154 valence electrons. The molecule has 2 heterocycles. The van der Waals surface area contributed by atoms with E-state index in [0.717, 1.165) is 29.9 Å². The van der Waals surface area contributed by atoms with E-state index >= 15 is 0 Å². The summed E-state index contributed by atoms with van der Waals surface area (Å²) in [5.74, 6) is -0.0424. The van der Waals surface area contributed by atoms with Crippen molar-refractivity contribution in [1.29, 1.82) is 0 Å². The highest BCUT2D eigenvalue weighted by molar-refractivity contribution is 5.94. The molecule has 0 N–H and O–H groups in total. The van der Waals surface area contributed by atoms with Gasteiger partial charge in [0.1, 0.15) is 5.65 Å². The Morgan fingerprint density at radius 3 is 2.59 bits per heavy atom. The summed E-state index contributed by atoms with van der Waals surface area (Å²) in [6.07, 6.45) is 2.80. The van der Waals surface area contributed by atoms with Crippen molar-refractivity contribution in [2.24, 2.45) is 0 Å². The number of pyridine rings is 1. The fourth-order valence-corrected chi connectivity index (χ4v) is 3.38. The lowest BCUT2D eigenvalue weighted by Crippen LogP contribution is -2.31. The summed E-state index contributed by atoms with van der Waals surface area (Å²) in [6.45, 7) is 4.73. The first kappa shape index (κ1) is 21.0. The lowest BCUT2D eigenvalue weighted by molar-refractivity contribution is 0.0789. The third kappa shape index (κ3) is 5.02. The molecule has 3 aromatic rings. The smallest absolute Gasteiger partial charge is 0.274 e. The number of benzene rings is 1. The minimum Gasteiger partial charge on any atom is -0.383 e. The quantitative estimate of drug-likeness (QED) is 0.560. The SMILES string of the molecule is COCCN(C)Cc1c(C(=O)N(C)CCc2ccccc2)nc2c(C)cccn12. The maximum absolute atomic E-state index is 13.3. The number of ether oxygens (including phenoxy) is 1. The highest BCUT2D eigenvalue weighted by Gasteiger charge is 2.23. The van der Waals surface area contributed by atoms with Gasteiger partial charge in [-0.2, -0.15) is 0 Å². The van der Waals surface area contributed by atoms with Gasteiger partial charge in [0.25, 0.3) is 5.91 Å². The second-order valence-electron chi connectivity index (χ2n) is 7.48. The first-order valence-corrected chi connectivity index (χ1v) is 9.94. The summed E-state index contributed by atoms with van der Waals surface area (Å²) < 4.78 is 7.23. The second-order valence-corrected chi connectivity index (χ2v) is 7.48. The zero-order valence-corrected chi connectivity index (χ0v) is 17.8. The molecule has 3 rings (SSSR count). The van der Waals surface area contributed by atoms with Gasteiger partial charge in [-0.1, -0.05) is 36.4 Å². The van der Waals surface area contributed by atoms with Gasteiger partial charge in [-0.15, -0.1) is 0 Å². The molecule has 0 fully saturated rings. The summed E-state index contributed by atoms with van der Waals surface area (Å²) in [5, 5.41) is 0. The van der Waals surface area contributed by atoms with E-state index in [0.29, 0.717) is 25.4 Å². The molecule has 6 nitrogen and oxygen atoms in total. The maximum atomic E-state index is 13.3. The van der Waals surface area contributed by atoms with Gasteiger partial charge in [-0.05, 0) is 37.6 Å². The molecular weight excluding hydrogens is 364 g/mol. The number of methoxy groups -OCH3 is 1. The molecule has 0 atom stereocenters. The molecule has 0 unspecified atom stereocenters. The number of likely N-dealkylation sites (N-methyl/N-ethyl adjacent to an activating group) is 2. The minimum absolute atomic E-state index is 0.0424. The number of carbonyl (C=O) groups is 1. The van der Waals surface area contributed by atoms with E-state index in [9.17, 15) is 4.79 Å². The monoisotopic (exact) mass is 394 g/mol. The average Bonchev–Trinajstić information content (AvgIpc) is 3.10. The zero-order chi connectivity index (χ0) is 20.8. The minimum atomic E-state index is -0.0424. The summed E-state index contributed by atoms with van der Waals surface area (Å²) in [4.78, 5) is 21.9. The van der Waals surface area contributed by atoms with E-state index in [1.54, 1.807) is 12.0 Å². The maximum Gasteiger partial charge on any atom is 0.274 e. The molecule has 0 aliphatic carbocycles. The molecule has 0 aliphatic rings. The number of aromatic nitrogens is 2. The summed E-state index contributed by atoms with van der Waals surface area (Å²) >= 11 is 0. The Labute approximate surface area is 172 Å². The average molecular weight is 395 g/mol. The Bertz CT molecular complexity index is 952. The van der Waals surface area contributed by atoms with Gasteiger partial charge in [0.2, 0.25) is 0 Å². The van der Waals surface area contributed by atoms with Gasteiger partial charge in [-0.3, -0.25) is 9.69 Å². The molecule has 29 heavy (non-hydrogen) atoms. The first-order chi connectivity index (χ1) is 14.0. The van der Waals surface area contributed by atoms with Crippen LogP contribution in [0.2, 0.25) is 0 Å². The normalized spacial score (nSPS) is 11.3. The first-order valence-electron chi connectivity index (χ1n) is 9.94. The van der Waals surface area contributed by atoms with Gasteiger partial charge in [-0.25, -0.2) is 4.98 Å². The van der Waals surface area contributed by atoms with Crippen LogP contribution in [0, 0.1) is 6.92 Å². The van der Waals surface area contributed by atoms with Crippen LogP contribution in [-0.4, -0.2) is 66.0 Å². The fraction of sp³-hybridized carbons (Fsp3) is 0.391. The number of hydrogen-bond donors (Lipinski definition) is 0. The fourth-order valence-electron chi connectivity index (χ4n) is 3.38. The molecular formula is C23H30N4O2. The molecule has 6 heteroatoms.